The standard InChI is InChI=1S/C10H12N4S/c1-2-15-10-7-9(11)14(13-10)8-3-5-12-6-4-8/h3-7H,2,11H2,1H3. The molecule has 0 saturated carbocycles. The lowest BCUT2D eigenvalue weighted by Crippen LogP contribution is -2.01. The van der Waals surface area contributed by atoms with E-state index in [1.165, 1.54) is 0 Å². The first-order valence-electron chi connectivity index (χ1n) is 4.70. The lowest BCUT2D eigenvalue weighted by Gasteiger charge is -2.01. The molecule has 0 fully saturated rings. The Morgan fingerprint density at radius 2 is 2.13 bits per heavy atom. The SMILES string of the molecule is CCSc1cc(N)n(-c2ccncc2)n1. The molecular formula is C10H12N4S. The minimum absolute atomic E-state index is 0.650. The number of anilines is 1. The zero-order valence-electron chi connectivity index (χ0n) is 8.42. The monoisotopic (exact) mass is 220 g/mol. The predicted octanol–water partition coefficient (Wildman–Crippen LogP) is 1.96. The van der Waals surface area contributed by atoms with Gasteiger partial charge in [0.15, 0.2) is 0 Å². The number of hydrogen-bond acceptors (Lipinski definition) is 4. The van der Waals surface area contributed by atoms with Crippen LogP contribution in [0.3, 0.4) is 0 Å². The maximum Gasteiger partial charge on any atom is 0.128 e. The van der Waals surface area contributed by atoms with E-state index in [9.17, 15) is 0 Å². The molecule has 2 heterocycles. The van der Waals surface area contributed by atoms with E-state index in [2.05, 4.69) is 17.0 Å². The topological polar surface area (TPSA) is 56.7 Å². The maximum absolute atomic E-state index is 5.87. The fourth-order valence-electron chi connectivity index (χ4n) is 1.28. The van der Waals surface area contributed by atoms with Gasteiger partial charge < -0.3 is 5.73 Å². The Bertz CT molecular complexity index is 438. The highest BCUT2D eigenvalue weighted by molar-refractivity contribution is 7.99. The van der Waals surface area contributed by atoms with Crippen molar-refractivity contribution in [3.05, 3.63) is 30.6 Å². The summed E-state index contributed by atoms with van der Waals surface area (Å²) in [7, 11) is 0. The summed E-state index contributed by atoms with van der Waals surface area (Å²) in [6.07, 6.45) is 3.45. The zero-order chi connectivity index (χ0) is 10.7. The van der Waals surface area contributed by atoms with Crippen LogP contribution in [0.5, 0.6) is 0 Å². The second-order valence-corrected chi connectivity index (χ2v) is 4.24. The van der Waals surface area contributed by atoms with Crippen LogP contribution in [0.4, 0.5) is 5.82 Å². The van der Waals surface area contributed by atoms with Gasteiger partial charge in [0.25, 0.3) is 0 Å². The Balaban J connectivity index is 2.36. The van der Waals surface area contributed by atoms with Crippen LogP contribution in [0.25, 0.3) is 5.69 Å². The molecule has 0 aliphatic rings. The molecule has 2 aromatic heterocycles. The van der Waals surface area contributed by atoms with Gasteiger partial charge in [0, 0.05) is 18.5 Å². The van der Waals surface area contributed by atoms with Gasteiger partial charge in [0.2, 0.25) is 0 Å². The third-order valence-electron chi connectivity index (χ3n) is 1.91. The van der Waals surface area contributed by atoms with E-state index in [1.807, 2.05) is 18.2 Å². The summed E-state index contributed by atoms with van der Waals surface area (Å²) in [5.74, 6) is 1.64. The molecule has 2 N–H and O–H groups in total. The summed E-state index contributed by atoms with van der Waals surface area (Å²) >= 11 is 1.68. The summed E-state index contributed by atoms with van der Waals surface area (Å²) in [6.45, 7) is 2.09. The number of thioether (sulfide) groups is 1. The molecule has 0 aliphatic carbocycles. The van der Waals surface area contributed by atoms with Crippen molar-refractivity contribution in [2.45, 2.75) is 11.9 Å². The summed E-state index contributed by atoms with van der Waals surface area (Å²) in [4.78, 5) is 3.96. The van der Waals surface area contributed by atoms with Crippen molar-refractivity contribution < 1.29 is 0 Å². The van der Waals surface area contributed by atoms with Gasteiger partial charge in [-0.2, -0.15) is 5.10 Å². The van der Waals surface area contributed by atoms with Gasteiger partial charge in [0.1, 0.15) is 10.8 Å². The van der Waals surface area contributed by atoms with E-state index in [1.54, 1.807) is 28.8 Å². The van der Waals surface area contributed by atoms with E-state index in [-0.39, 0.29) is 0 Å². The Kier molecular flexibility index (Phi) is 2.91. The average molecular weight is 220 g/mol. The molecule has 0 aromatic carbocycles. The van der Waals surface area contributed by atoms with E-state index in [4.69, 9.17) is 5.73 Å². The van der Waals surface area contributed by atoms with Crippen LogP contribution in [-0.4, -0.2) is 20.5 Å². The molecule has 4 nitrogen and oxygen atoms in total. The lowest BCUT2D eigenvalue weighted by atomic mass is 10.4. The Morgan fingerprint density at radius 1 is 1.40 bits per heavy atom. The van der Waals surface area contributed by atoms with Crippen LogP contribution in [0.2, 0.25) is 0 Å². The summed E-state index contributed by atoms with van der Waals surface area (Å²) < 4.78 is 1.72. The number of rotatable bonds is 3. The zero-order valence-corrected chi connectivity index (χ0v) is 9.24. The number of nitrogen functional groups attached to an aromatic ring is 1. The van der Waals surface area contributed by atoms with Gasteiger partial charge in [-0.1, -0.05) is 6.92 Å². The van der Waals surface area contributed by atoms with Gasteiger partial charge in [0.05, 0.1) is 5.69 Å². The van der Waals surface area contributed by atoms with Crippen LogP contribution in [0.1, 0.15) is 6.92 Å². The molecule has 2 rings (SSSR count). The molecule has 2 aromatic rings. The number of aromatic nitrogens is 3. The van der Waals surface area contributed by atoms with Crippen molar-refractivity contribution in [3.8, 4) is 5.69 Å². The molecule has 0 radical (unpaired) electrons. The van der Waals surface area contributed by atoms with E-state index in [0.29, 0.717) is 5.82 Å². The molecule has 0 aliphatic heterocycles. The smallest absolute Gasteiger partial charge is 0.128 e. The number of nitrogens with zero attached hydrogens (tertiary/aromatic N) is 3. The molecule has 78 valence electrons. The Morgan fingerprint density at radius 3 is 2.80 bits per heavy atom. The second kappa shape index (κ2) is 4.35. The fraction of sp³-hybridized carbons (Fsp3) is 0.200. The largest absolute Gasteiger partial charge is 0.384 e. The Hall–Kier alpha value is -1.49. The van der Waals surface area contributed by atoms with Gasteiger partial charge >= 0.3 is 0 Å². The lowest BCUT2D eigenvalue weighted by molar-refractivity contribution is 0.843. The molecule has 0 saturated heterocycles. The molecule has 15 heavy (non-hydrogen) atoms. The highest BCUT2D eigenvalue weighted by Crippen LogP contribution is 2.21. The van der Waals surface area contributed by atoms with Crippen molar-refractivity contribution in [3.63, 3.8) is 0 Å². The van der Waals surface area contributed by atoms with Crippen molar-refractivity contribution in [1.29, 1.82) is 0 Å². The molecule has 0 spiro atoms. The van der Waals surface area contributed by atoms with E-state index < -0.39 is 0 Å². The molecule has 0 amide bonds. The predicted molar refractivity (Wildman–Crippen MR) is 62.2 cm³/mol. The quantitative estimate of drug-likeness (QED) is 0.803. The number of hydrogen-bond donors (Lipinski definition) is 1. The van der Waals surface area contributed by atoms with Crippen LogP contribution in [0.15, 0.2) is 35.6 Å². The van der Waals surface area contributed by atoms with Gasteiger partial charge in [-0.05, 0) is 17.9 Å². The molecule has 0 atom stereocenters. The molecule has 0 unspecified atom stereocenters. The average Bonchev–Trinajstić information content (AvgIpc) is 2.61. The third-order valence-corrected chi connectivity index (χ3v) is 2.70. The van der Waals surface area contributed by atoms with E-state index >= 15 is 0 Å². The molecule has 0 bridgehead atoms. The first-order chi connectivity index (χ1) is 7.31. The normalized spacial score (nSPS) is 10.5. The van der Waals surface area contributed by atoms with Crippen LogP contribution in [0, 0.1) is 0 Å². The van der Waals surface area contributed by atoms with E-state index in [0.717, 1.165) is 16.5 Å². The minimum atomic E-state index is 0.650. The molecular weight excluding hydrogens is 208 g/mol. The highest BCUT2D eigenvalue weighted by Gasteiger charge is 2.05. The van der Waals surface area contributed by atoms with Gasteiger partial charge in [-0.25, -0.2) is 4.68 Å². The molecule has 5 heteroatoms. The van der Waals surface area contributed by atoms with Crippen LogP contribution < -0.4 is 5.73 Å². The first kappa shape index (κ1) is 10.0. The van der Waals surface area contributed by atoms with Crippen LogP contribution in [-0.2, 0) is 0 Å². The van der Waals surface area contributed by atoms with Crippen molar-refractivity contribution in [2.24, 2.45) is 0 Å². The fourth-order valence-corrected chi connectivity index (χ4v) is 1.92. The second-order valence-electron chi connectivity index (χ2n) is 2.96. The Labute approximate surface area is 92.5 Å². The van der Waals surface area contributed by atoms with Crippen molar-refractivity contribution in [1.82, 2.24) is 14.8 Å². The van der Waals surface area contributed by atoms with Crippen molar-refractivity contribution in [2.75, 3.05) is 11.5 Å². The summed E-state index contributed by atoms with van der Waals surface area (Å²) in [5, 5.41) is 5.35. The maximum atomic E-state index is 5.87. The van der Waals surface area contributed by atoms with Gasteiger partial charge in [-0.15, -0.1) is 11.8 Å². The number of pyridine rings is 1. The summed E-state index contributed by atoms with van der Waals surface area (Å²) in [5.41, 5.74) is 6.81. The first-order valence-corrected chi connectivity index (χ1v) is 5.68. The highest BCUT2D eigenvalue weighted by atomic mass is 32.2. The van der Waals surface area contributed by atoms with Crippen LogP contribution >= 0.6 is 11.8 Å². The van der Waals surface area contributed by atoms with Gasteiger partial charge in [-0.3, -0.25) is 4.98 Å². The minimum Gasteiger partial charge on any atom is -0.384 e. The third kappa shape index (κ3) is 2.12. The van der Waals surface area contributed by atoms with Crippen molar-refractivity contribution >= 4 is 17.6 Å². The summed E-state index contributed by atoms with van der Waals surface area (Å²) in [6, 6.07) is 5.64. The number of nitrogens with two attached hydrogens (primary N) is 1.